The van der Waals surface area contributed by atoms with Gasteiger partial charge >= 0.3 is 5.97 Å². The van der Waals surface area contributed by atoms with Crippen molar-refractivity contribution in [3.63, 3.8) is 0 Å². The Bertz CT molecular complexity index is 1330. The van der Waals surface area contributed by atoms with Gasteiger partial charge in [0.25, 0.3) is 0 Å². The first kappa shape index (κ1) is 20.6. The number of hydrogen-bond acceptors (Lipinski definition) is 8. The van der Waals surface area contributed by atoms with Crippen LogP contribution in [0.15, 0.2) is 54.4 Å². The molecule has 166 valence electrons. The van der Waals surface area contributed by atoms with Crippen LogP contribution in [0.1, 0.15) is 39.4 Å². The SMILES string of the molecule is COC(=O)CC1c2cccnc2Oc2ccc3c(c21)O/C(=C\c1ccc(OC)c(O)c1)C3=O. The number of esters is 1. The summed E-state index contributed by atoms with van der Waals surface area (Å²) in [5.74, 6) is 0.383. The van der Waals surface area contributed by atoms with Crippen LogP contribution in [0, 0.1) is 0 Å². The van der Waals surface area contributed by atoms with Crippen molar-refractivity contribution in [1.29, 1.82) is 0 Å². The first-order chi connectivity index (χ1) is 16.0. The largest absolute Gasteiger partial charge is 0.504 e. The Morgan fingerprint density at radius 3 is 2.79 bits per heavy atom. The number of aromatic hydroxyl groups is 1. The van der Waals surface area contributed by atoms with Gasteiger partial charge in [-0.05, 0) is 42.0 Å². The zero-order valence-corrected chi connectivity index (χ0v) is 17.8. The molecule has 2 aliphatic heterocycles. The highest BCUT2D eigenvalue weighted by atomic mass is 16.5. The van der Waals surface area contributed by atoms with Crippen LogP contribution in [0.4, 0.5) is 0 Å². The van der Waals surface area contributed by atoms with Gasteiger partial charge in [0.1, 0.15) is 11.5 Å². The monoisotopic (exact) mass is 445 g/mol. The van der Waals surface area contributed by atoms with E-state index in [0.29, 0.717) is 45.4 Å². The maximum Gasteiger partial charge on any atom is 0.306 e. The molecule has 1 aromatic heterocycles. The highest BCUT2D eigenvalue weighted by molar-refractivity contribution is 6.15. The van der Waals surface area contributed by atoms with Gasteiger partial charge in [-0.3, -0.25) is 9.59 Å². The minimum absolute atomic E-state index is 0.0327. The standard InChI is InChI=1S/C25H19NO7/c1-30-18-7-5-13(10-17(18)27)11-20-23(29)15-6-8-19-22(24(15)32-20)16(12-21(28)31-2)14-4-3-9-26-25(14)33-19/h3-11,16,27H,12H2,1-2H3/b20-11-. The number of carbonyl (C=O) groups excluding carboxylic acids is 2. The van der Waals surface area contributed by atoms with Crippen LogP contribution >= 0.6 is 0 Å². The number of nitrogens with zero attached hydrogens (tertiary/aromatic N) is 1. The van der Waals surface area contributed by atoms with Crippen LogP contribution in [-0.2, 0) is 9.53 Å². The van der Waals surface area contributed by atoms with E-state index in [-0.39, 0.29) is 23.7 Å². The average Bonchev–Trinajstić information content (AvgIpc) is 3.14. The predicted octanol–water partition coefficient (Wildman–Crippen LogP) is 4.21. The second kappa shape index (κ2) is 7.98. The Hall–Kier alpha value is -4.33. The van der Waals surface area contributed by atoms with Crippen molar-refractivity contribution in [2.24, 2.45) is 0 Å². The molecule has 3 heterocycles. The fourth-order valence-corrected chi connectivity index (χ4v) is 4.10. The number of allylic oxidation sites excluding steroid dienone is 1. The molecule has 0 radical (unpaired) electrons. The first-order valence-electron chi connectivity index (χ1n) is 10.2. The molecular formula is C25H19NO7. The second-order valence-corrected chi connectivity index (χ2v) is 7.56. The Morgan fingerprint density at radius 1 is 1.18 bits per heavy atom. The van der Waals surface area contributed by atoms with E-state index in [1.807, 2.05) is 6.07 Å². The molecule has 1 unspecified atom stereocenters. The molecule has 1 atom stereocenters. The molecule has 3 aromatic rings. The number of methoxy groups -OCH3 is 2. The summed E-state index contributed by atoms with van der Waals surface area (Å²) in [6.07, 6.45) is 3.19. The van der Waals surface area contributed by atoms with Crippen LogP contribution in [0.5, 0.6) is 28.9 Å². The molecule has 8 nitrogen and oxygen atoms in total. The highest BCUT2D eigenvalue weighted by Crippen LogP contribution is 2.52. The first-order valence-corrected chi connectivity index (χ1v) is 10.2. The summed E-state index contributed by atoms with van der Waals surface area (Å²) in [4.78, 5) is 29.6. The Morgan fingerprint density at radius 2 is 2.03 bits per heavy atom. The van der Waals surface area contributed by atoms with E-state index in [1.54, 1.807) is 42.6 Å². The zero-order chi connectivity index (χ0) is 23.1. The third kappa shape index (κ3) is 3.45. The fourth-order valence-electron chi connectivity index (χ4n) is 4.10. The van der Waals surface area contributed by atoms with Crippen molar-refractivity contribution in [2.75, 3.05) is 14.2 Å². The van der Waals surface area contributed by atoms with Crippen molar-refractivity contribution in [3.8, 4) is 28.9 Å². The molecule has 2 aromatic carbocycles. The van der Waals surface area contributed by atoms with Crippen molar-refractivity contribution >= 4 is 17.8 Å². The quantitative estimate of drug-likeness (QED) is 0.470. The predicted molar refractivity (Wildman–Crippen MR) is 117 cm³/mol. The molecule has 5 rings (SSSR count). The number of ketones is 1. The summed E-state index contributed by atoms with van der Waals surface area (Å²) in [6, 6.07) is 11.7. The summed E-state index contributed by atoms with van der Waals surface area (Å²) in [5.41, 5.74) is 2.23. The number of benzene rings is 2. The van der Waals surface area contributed by atoms with Gasteiger partial charge in [-0.1, -0.05) is 12.1 Å². The van der Waals surface area contributed by atoms with E-state index in [1.165, 1.54) is 20.3 Å². The van der Waals surface area contributed by atoms with Crippen molar-refractivity contribution in [3.05, 3.63) is 76.7 Å². The minimum Gasteiger partial charge on any atom is -0.504 e. The average molecular weight is 445 g/mol. The van der Waals surface area contributed by atoms with Gasteiger partial charge in [0, 0.05) is 23.2 Å². The Balaban J connectivity index is 1.59. The maximum absolute atomic E-state index is 13.1. The normalized spacial score (nSPS) is 16.8. The van der Waals surface area contributed by atoms with Gasteiger partial charge in [-0.2, -0.15) is 0 Å². The Labute approximate surface area is 189 Å². The lowest BCUT2D eigenvalue weighted by molar-refractivity contribution is -0.140. The third-order valence-corrected chi connectivity index (χ3v) is 5.67. The summed E-state index contributed by atoms with van der Waals surface area (Å²) in [5, 5.41) is 10.1. The molecule has 0 saturated carbocycles. The topological polar surface area (TPSA) is 104 Å². The summed E-state index contributed by atoms with van der Waals surface area (Å²) in [6.45, 7) is 0. The number of hydrogen-bond donors (Lipinski definition) is 1. The summed E-state index contributed by atoms with van der Waals surface area (Å²) < 4.78 is 21.9. The molecule has 0 bridgehead atoms. The lowest BCUT2D eigenvalue weighted by Gasteiger charge is -2.27. The molecule has 1 N–H and O–H groups in total. The van der Waals surface area contributed by atoms with E-state index in [2.05, 4.69) is 4.98 Å². The maximum atomic E-state index is 13.1. The summed E-state index contributed by atoms with van der Waals surface area (Å²) >= 11 is 0. The van der Waals surface area contributed by atoms with Crippen LogP contribution in [-0.4, -0.2) is 36.1 Å². The van der Waals surface area contributed by atoms with Gasteiger partial charge in [0.15, 0.2) is 17.3 Å². The number of fused-ring (bicyclic) bond motifs is 4. The Kier molecular flexibility index (Phi) is 4.97. The van der Waals surface area contributed by atoms with Gasteiger partial charge in [0.05, 0.1) is 26.2 Å². The van der Waals surface area contributed by atoms with Gasteiger partial charge in [-0.25, -0.2) is 4.98 Å². The van der Waals surface area contributed by atoms with Gasteiger partial charge < -0.3 is 24.1 Å². The molecule has 0 aliphatic carbocycles. The number of carbonyl (C=O) groups is 2. The number of Topliss-reactive ketones (excluding diaryl/α,β-unsaturated/α-hetero) is 1. The second-order valence-electron chi connectivity index (χ2n) is 7.56. The van der Waals surface area contributed by atoms with Crippen LogP contribution in [0.25, 0.3) is 6.08 Å². The summed E-state index contributed by atoms with van der Waals surface area (Å²) in [7, 11) is 2.78. The van der Waals surface area contributed by atoms with Crippen molar-refractivity contribution < 1.29 is 33.6 Å². The smallest absolute Gasteiger partial charge is 0.306 e. The number of aromatic nitrogens is 1. The fraction of sp³-hybridized carbons (Fsp3) is 0.160. The highest BCUT2D eigenvalue weighted by Gasteiger charge is 2.39. The number of ether oxygens (including phenoxy) is 4. The van der Waals surface area contributed by atoms with E-state index < -0.39 is 11.9 Å². The van der Waals surface area contributed by atoms with E-state index in [9.17, 15) is 14.7 Å². The van der Waals surface area contributed by atoms with Crippen molar-refractivity contribution in [2.45, 2.75) is 12.3 Å². The van der Waals surface area contributed by atoms with Crippen LogP contribution in [0.3, 0.4) is 0 Å². The molecule has 8 heteroatoms. The number of phenolic OH excluding ortho intramolecular Hbond substituents is 1. The lowest BCUT2D eigenvalue weighted by atomic mass is 9.85. The molecule has 0 amide bonds. The lowest BCUT2D eigenvalue weighted by Crippen LogP contribution is -2.16. The van der Waals surface area contributed by atoms with Crippen molar-refractivity contribution in [1.82, 2.24) is 4.98 Å². The molecule has 0 saturated heterocycles. The number of phenols is 1. The third-order valence-electron chi connectivity index (χ3n) is 5.67. The molecule has 0 fully saturated rings. The zero-order valence-electron chi connectivity index (χ0n) is 17.8. The van der Waals surface area contributed by atoms with Gasteiger partial charge in [-0.15, -0.1) is 0 Å². The molecule has 2 aliphatic rings. The van der Waals surface area contributed by atoms with E-state index in [4.69, 9.17) is 18.9 Å². The van der Waals surface area contributed by atoms with Crippen LogP contribution in [0.2, 0.25) is 0 Å². The van der Waals surface area contributed by atoms with E-state index >= 15 is 0 Å². The minimum atomic E-state index is -0.461. The van der Waals surface area contributed by atoms with E-state index in [0.717, 1.165) is 0 Å². The molecular weight excluding hydrogens is 426 g/mol. The van der Waals surface area contributed by atoms with Crippen LogP contribution < -0.4 is 14.2 Å². The van der Waals surface area contributed by atoms with Gasteiger partial charge in [0.2, 0.25) is 11.7 Å². The number of pyridine rings is 1. The molecule has 33 heavy (non-hydrogen) atoms. The molecule has 0 spiro atoms. The number of rotatable bonds is 4.